The van der Waals surface area contributed by atoms with Gasteiger partial charge in [-0.1, -0.05) is 67.4 Å². The zero-order valence-corrected chi connectivity index (χ0v) is 22.1. The Kier molecular flexibility index (Phi) is 8.76. The predicted molar refractivity (Wildman–Crippen MR) is 142 cm³/mol. The lowest BCUT2D eigenvalue weighted by molar-refractivity contribution is 0.674. The van der Waals surface area contributed by atoms with Crippen molar-refractivity contribution < 1.29 is 0 Å². The molecule has 8 heteroatoms. The second kappa shape index (κ2) is 10.9. The monoisotopic (exact) mass is 530 g/mol. The molecule has 0 aliphatic rings. The van der Waals surface area contributed by atoms with Crippen LogP contribution in [0.5, 0.6) is 0 Å². The standard InChI is InChI=1S/C23H22Cl4N2S2/c1-5-14(7-9-17(24)12(3)19(25)13(4)30-6-2)15-8-10-18-16(11-15)20-21(31-18)22(26)29-23(27)28-20/h8-11,14H,4-7H2,1-3H3/b17-9+,19-12+. The molecule has 1 unspecified atom stereocenters. The van der Waals surface area contributed by atoms with Crippen molar-refractivity contribution in [3.05, 3.63) is 67.4 Å². The molecule has 164 valence electrons. The van der Waals surface area contributed by atoms with Gasteiger partial charge in [0.2, 0.25) is 5.28 Å². The number of hydrogen-bond donors (Lipinski definition) is 0. The van der Waals surface area contributed by atoms with E-state index >= 15 is 0 Å². The number of nitrogens with zero attached hydrogens (tertiary/aromatic N) is 2. The van der Waals surface area contributed by atoms with Crippen LogP contribution in [0.4, 0.5) is 0 Å². The number of benzene rings is 1. The van der Waals surface area contributed by atoms with Crippen LogP contribution in [0.3, 0.4) is 0 Å². The maximum absolute atomic E-state index is 6.57. The second-order valence-electron chi connectivity index (χ2n) is 7.01. The molecule has 3 rings (SSSR count). The fourth-order valence-electron chi connectivity index (χ4n) is 3.34. The molecule has 0 saturated carbocycles. The lowest BCUT2D eigenvalue weighted by Crippen LogP contribution is -1.96. The molecule has 0 aliphatic heterocycles. The first-order valence-corrected chi connectivity index (χ1v) is 13.2. The van der Waals surface area contributed by atoms with E-state index in [1.807, 2.05) is 13.0 Å². The molecule has 2 nitrogen and oxygen atoms in total. The molecular formula is C23H22Cl4N2S2. The minimum absolute atomic E-state index is 0.159. The first-order chi connectivity index (χ1) is 14.8. The molecule has 3 aromatic rings. The van der Waals surface area contributed by atoms with E-state index < -0.39 is 0 Å². The number of halogens is 4. The first kappa shape index (κ1) is 24.9. The molecule has 2 aromatic heterocycles. The highest BCUT2D eigenvalue weighted by molar-refractivity contribution is 8.03. The average molecular weight is 532 g/mol. The summed E-state index contributed by atoms with van der Waals surface area (Å²) in [5.74, 6) is 1.23. The van der Waals surface area contributed by atoms with Crippen molar-refractivity contribution in [2.45, 2.75) is 39.5 Å². The van der Waals surface area contributed by atoms with Crippen LogP contribution in [0.25, 0.3) is 20.3 Å². The maximum Gasteiger partial charge on any atom is 0.224 e. The second-order valence-corrected chi connectivity index (χ2v) is 10.9. The molecule has 1 aromatic carbocycles. The van der Waals surface area contributed by atoms with Gasteiger partial charge in [-0.25, -0.2) is 9.97 Å². The van der Waals surface area contributed by atoms with E-state index in [1.54, 1.807) is 23.1 Å². The van der Waals surface area contributed by atoms with Crippen LogP contribution in [-0.2, 0) is 0 Å². The van der Waals surface area contributed by atoms with Gasteiger partial charge in [-0.2, -0.15) is 0 Å². The van der Waals surface area contributed by atoms with Gasteiger partial charge in [0.15, 0.2) is 5.15 Å². The molecule has 2 heterocycles. The zero-order valence-electron chi connectivity index (χ0n) is 17.4. The van der Waals surface area contributed by atoms with E-state index in [0.717, 1.165) is 49.4 Å². The van der Waals surface area contributed by atoms with Crippen LogP contribution >= 0.6 is 69.5 Å². The smallest absolute Gasteiger partial charge is 0.216 e. The summed E-state index contributed by atoms with van der Waals surface area (Å²) >= 11 is 28.5. The van der Waals surface area contributed by atoms with Crippen LogP contribution in [-0.4, -0.2) is 15.7 Å². The van der Waals surface area contributed by atoms with E-state index in [-0.39, 0.29) is 5.28 Å². The molecule has 31 heavy (non-hydrogen) atoms. The highest BCUT2D eigenvalue weighted by atomic mass is 35.5. The summed E-state index contributed by atoms with van der Waals surface area (Å²) in [7, 11) is 0. The van der Waals surface area contributed by atoms with E-state index in [2.05, 4.69) is 48.6 Å². The van der Waals surface area contributed by atoms with Crippen LogP contribution in [0.2, 0.25) is 10.4 Å². The fraction of sp³-hybridized carbons (Fsp3) is 0.304. The third-order valence-electron chi connectivity index (χ3n) is 5.06. The molecule has 1 atom stereocenters. The Bertz CT molecular complexity index is 1200. The molecular weight excluding hydrogens is 510 g/mol. The van der Waals surface area contributed by atoms with Crippen LogP contribution in [0.15, 0.2) is 51.4 Å². The topological polar surface area (TPSA) is 25.8 Å². The third kappa shape index (κ3) is 5.61. The largest absolute Gasteiger partial charge is 0.224 e. The molecule has 0 amide bonds. The minimum Gasteiger partial charge on any atom is -0.216 e. The predicted octanol–water partition coefficient (Wildman–Crippen LogP) is 9.94. The van der Waals surface area contributed by atoms with Gasteiger partial charge in [0, 0.05) is 20.0 Å². The number of fused-ring (bicyclic) bond motifs is 3. The Hall–Kier alpha value is -0.750. The quantitative estimate of drug-likeness (QED) is 0.164. The van der Waals surface area contributed by atoms with Crippen molar-refractivity contribution in [1.82, 2.24) is 9.97 Å². The van der Waals surface area contributed by atoms with Crippen LogP contribution in [0, 0.1) is 0 Å². The van der Waals surface area contributed by atoms with Gasteiger partial charge in [0.05, 0.1) is 15.2 Å². The Morgan fingerprint density at radius 3 is 2.65 bits per heavy atom. The zero-order chi connectivity index (χ0) is 22.7. The Morgan fingerprint density at radius 2 is 1.97 bits per heavy atom. The van der Waals surface area contributed by atoms with Crippen LogP contribution in [0.1, 0.15) is 45.1 Å². The molecule has 0 radical (unpaired) electrons. The van der Waals surface area contributed by atoms with Crippen molar-refractivity contribution in [3.63, 3.8) is 0 Å². The van der Waals surface area contributed by atoms with Crippen molar-refractivity contribution in [3.8, 4) is 0 Å². The molecule has 0 saturated heterocycles. The lowest BCUT2D eigenvalue weighted by Gasteiger charge is -2.14. The van der Waals surface area contributed by atoms with Gasteiger partial charge in [0.25, 0.3) is 0 Å². The van der Waals surface area contributed by atoms with Crippen molar-refractivity contribution in [1.29, 1.82) is 0 Å². The van der Waals surface area contributed by atoms with E-state index in [0.29, 0.717) is 21.1 Å². The van der Waals surface area contributed by atoms with Crippen LogP contribution < -0.4 is 0 Å². The van der Waals surface area contributed by atoms with Gasteiger partial charge in [0.1, 0.15) is 0 Å². The summed E-state index contributed by atoms with van der Waals surface area (Å²) in [5, 5.41) is 2.88. The van der Waals surface area contributed by atoms with E-state index in [1.165, 1.54) is 5.56 Å². The number of thioether (sulfide) groups is 1. The number of rotatable bonds is 8. The highest BCUT2D eigenvalue weighted by Gasteiger charge is 2.16. The molecule has 0 fully saturated rings. The van der Waals surface area contributed by atoms with Crippen molar-refractivity contribution >= 4 is 89.8 Å². The molecule has 0 N–H and O–H groups in total. The number of thiophene rings is 1. The number of aromatic nitrogens is 2. The fourth-order valence-corrected chi connectivity index (χ4v) is 5.97. The molecule has 0 spiro atoms. The summed E-state index contributed by atoms with van der Waals surface area (Å²) in [5.41, 5.74) is 2.87. The average Bonchev–Trinajstić information content (AvgIpc) is 3.11. The molecule has 0 bridgehead atoms. The van der Waals surface area contributed by atoms with Crippen molar-refractivity contribution in [2.75, 3.05) is 5.75 Å². The number of allylic oxidation sites excluding steroid dienone is 4. The van der Waals surface area contributed by atoms with Gasteiger partial charge < -0.3 is 0 Å². The van der Waals surface area contributed by atoms with Gasteiger partial charge >= 0.3 is 0 Å². The first-order valence-electron chi connectivity index (χ1n) is 9.86. The number of hydrogen-bond acceptors (Lipinski definition) is 4. The molecule has 0 aliphatic carbocycles. The Labute approximate surface area is 211 Å². The normalized spacial score (nSPS) is 14.2. The summed E-state index contributed by atoms with van der Waals surface area (Å²) in [4.78, 5) is 9.32. The highest BCUT2D eigenvalue weighted by Crippen LogP contribution is 2.39. The van der Waals surface area contributed by atoms with Gasteiger partial charge in [-0.05, 0) is 66.3 Å². The maximum atomic E-state index is 6.57. The van der Waals surface area contributed by atoms with Gasteiger partial charge in [-0.3, -0.25) is 0 Å². The summed E-state index contributed by atoms with van der Waals surface area (Å²) in [6.07, 6.45) is 3.82. The Morgan fingerprint density at radius 1 is 1.23 bits per heavy atom. The third-order valence-corrected chi connectivity index (χ3v) is 8.69. The summed E-state index contributed by atoms with van der Waals surface area (Å²) < 4.78 is 1.97. The van der Waals surface area contributed by atoms with Gasteiger partial charge in [-0.15, -0.1) is 23.1 Å². The van der Waals surface area contributed by atoms with Crippen molar-refractivity contribution in [2.24, 2.45) is 0 Å². The lowest BCUT2D eigenvalue weighted by atomic mass is 9.92. The summed E-state index contributed by atoms with van der Waals surface area (Å²) in [6, 6.07) is 6.45. The Balaban J connectivity index is 1.92. The van der Waals surface area contributed by atoms with E-state index in [9.17, 15) is 0 Å². The summed E-state index contributed by atoms with van der Waals surface area (Å²) in [6.45, 7) is 10.2. The minimum atomic E-state index is 0.159. The SMILES string of the molecule is C=C(SCC)/C(Cl)=C(C)\C(Cl)=C/CC(CC)c1ccc2sc3c(Cl)nc(Cl)nc3c2c1. The van der Waals surface area contributed by atoms with E-state index in [4.69, 9.17) is 46.4 Å².